The molecule has 1 aromatic rings. The summed E-state index contributed by atoms with van der Waals surface area (Å²) < 4.78 is 25.9. The Labute approximate surface area is 99.3 Å². The molecule has 0 atom stereocenters. The number of hydrogen-bond donors (Lipinski definition) is 1. The molecular formula is C13H16F2O2. The summed E-state index contributed by atoms with van der Waals surface area (Å²) in [6.45, 7) is 6.07. The second-order valence-corrected chi connectivity index (χ2v) is 5.13. The summed E-state index contributed by atoms with van der Waals surface area (Å²) in [6, 6.07) is 6.62. The number of carbonyl (C=O) groups is 1. The average Bonchev–Trinajstić information content (AvgIpc) is 2.16. The summed E-state index contributed by atoms with van der Waals surface area (Å²) in [4.78, 5) is 10.3. The lowest BCUT2D eigenvalue weighted by Gasteiger charge is -2.19. The third-order valence-electron chi connectivity index (χ3n) is 2.56. The van der Waals surface area contributed by atoms with Gasteiger partial charge >= 0.3 is 11.9 Å². The molecule has 0 spiro atoms. The molecule has 0 aromatic heterocycles. The van der Waals surface area contributed by atoms with Crippen LogP contribution in [0.25, 0.3) is 0 Å². The fourth-order valence-corrected chi connectivity index (χ4v) is 1.45. The maximum Gasteiger partial charge on any atom is 0.374 e. The topological polar surface area (TPSA) is 37.3 Å². The van der Waals surface area contributed by atoms with Crippen LogP contribution in [-0.4, -0.2) is 17.0 Å². The molecule has 1 rings (SSSR count). The Morgan fingerprint density at radius 2 is 1.65 bits per heavy atom. The van der Waals surface area contributed by atoms with Gasteiger partial charge in [0.05, 0.1) is 0 Å². The molecule has 0 saturated carbocycles. The number of rotatable bonds is 3. The fraction of sp³-hybridized carbons (Fsp3) is 0.462. The lowest BCUT2D eigenvalue weighted by atomic mass is 9.86. The van der Waals surface area contributed by atoms with Crippen molar-refractivity contribution in [3.05, 3.63) is 35.4 Å². The van der Waals surface area contributed by atoms with Gasteiger partial charge in [0.25, 0.3) is 0 Å². The van der Waals surface area contributed by atoms with Gasteiger partial charge in [-0.15, -0.1) is 0 Å². The van der Waals surface area contributed by atoms with E-state index in [4.69, 9.17) is 5.11 Å². The van der Waals surface area contributed by atoms with E-state index in [-0.39, 0.29) is 5.41 Å². The van der Waals surface area contributed by atoms with Crippen molar-refractivity contribution in [1.29, 1.82) is 0 Å². The smallest absolute Gasteiger partial charge is 0.374 e. The zero-order valence-corrected chi connectivity index (χ0v) is 10.1. The van der Waals surface area contributed by atoms with E-state index in [0.717, 1.165) is 5.56 Å². The van der Waals surface area contributed by atoms with E-state index in [0.29, 0.717) is 5.56 Å². The zero-order valence-electron chi connectivity index (χ0n) is 10.1. The van der Waals surface area contributed by atoms with Crippen molar-refractivity contribution >= 4 is 5.97 Å². The monoisotopic (exact) mass is 242 g/mol. The predicted octanol–water partition coefficient (Wildman–Crippen LogP) is 3.25. The molecule has 0 saturated heterocycles. The Morgan fingerprint density at radius 1 is 1.18 bits per heavy atom. The van der Waals surface area contributed by atoms with Gasteiger partial charge in [-0.05, 0) is 16.5 Å². The minimum atomic E-state index is -3.71. The maximum atomic E-state index is 13.0. The van der Waals surface area contributed by atoms with Crippen LogP contribution >= 0.6 is 0 Å². The van der Waals surface area contributed by atoms with E-state index in [2.05, 4.69) is 0 Å². The molecule has 0 aliphatic carbocycles. The lowest BCUT2D eigenvalue weighted by Crippen LogP contribution is -2.30. The van der Waals surface area contributed by atoms with Crippen LogP contribution in [0.3, 0.4) is 0 Å². The van der Waals surface area contributed by atoms with E-state index in [9.17, 15) is 13.6 Å². The molecule has 0 fully saturated rings. The number of halogens is 2. The van der Waals surface area contributed by atoms with Gasteiger partial charge in [0.2, 0.25) is 0 Å². The average molecular weight is 242 g/mol. The molecule has 4 heteroatoms. The standard InChI is InChI=1S/C13H16F2O2/c1-12(2,3)10-6-4-9(5-7-10)8-13(14,15)11(16)17/h4-7H,8H2,1-3H3,(H,16,17). The summed E-state index contributed by atoms with van der Waals surface area (Å²) in [6.07, 6.45) is -0.771. The molecule has 17 heavy (non-hydrogen) atoms. The van der Waals surface area contributed by atoms with Gasteiger partial charge in [-0.2, -0.15) is 8.78 Å². The highest BCUT2D eigenvalue weighted by molar-refractivity contribution is 5.75. The number of aliphatic carboxylic acids is 1. The van der Waals surface area contributed by atoms with Gasteiger partial charge in [-0.25, -0.2) is 4.79 Å². The van der Waals surface area contributed by atoms with E-state index < -0.39 is 18.3 Å². The van der Waals surface area contributed by atoms with Crippen LogP contribution in [0, 0.1) is 0 Å². The number of hydrogen-bond acceptors (Lipinski definition) is 1. The largest absolute Gasteiger partial charge is 0.477 e. The van der Waals surface area contributed by atoms with Crippen LogP contribution in [-0.2, 0) is 16.6 Å². The lowest BCUT2D eigenvalue weighted by molar-refractivity contribution is -0.164. The third kappa shape index (κ3) is 3.51. The van der Waals surface area contributed by atoms with Crippen LogP contribution in [0.1, 0.15) is 31.9 Å². The number of carboxylic acids is 1. The van der Waals surface area contributed by atoms with Crippen LogP contribution in [0.2, 0.25) is 0 Å². The molecule has 0 radical (unpaired) electrons. The summed E-state index contributed by atoms with van der Waals surface area (Å²) in [7, 11) is 0. The first-order valence-electron chi connectivity index (χ1n) is 5.33. The molecule has 2 nitrogen and oxygen atoms in total. The van der Waals surface area contributed by atoms with Gasteiger partial charge in [0, 0.05) is 6.42 Å². The van der Waals surface area contributed by atoms with E-state index >= 15 is 0 Å². The Kier molecular flexibility index (Phi) is 3.55. The number of alkyl halides is 2. The molecule has 1 N–H and O–H groups in total. The summed E-state index contributed by atoms with van der Waals surface area (Å²) in [5, 5.41) is 8.34. The molecule has 0 bridgehead atoms. The second kappa shape index (κ2) is 4.43. The Hall–Kier alpha value is -1.45. The first-order valence-corrected chi connectivity index (χ1v) is 5.33. The van der Waals surface area contributed by atoms with E-state index in [1.807, 2.05) is 20.8 Å². The normalized spacial score (nSPS) is 12.5. The van der Waals surface area contributed by atoms with Crippen molar-refractivity contribution in [2.45, 2.75) is 38.5 Å². The Balaban J connectivity index is 2.86. The highest BCUT2D eigenvalue weighted by atomic mass is 19.3. The molecule has 94 valence electrons. The Bertz CT molecular complexity index is 402. The van der Waals surface area contributed by atoms with Crippen LogP contribution in [0.15, 0.2) is 24.3 Å². The van der Waals surface area contributed by atoms with Gasteiger partial charge in [0.1, 0.15) is 0 Å². The summed E-state index contributed by atoms with van der Waals surface area (Å²) >= 11 is 0. The molecule has 0 aliphatic heterocycles. The van der Waals surface area contributed by atoms with Crippen LogP contribution in [0.4, 0.5) is 8.78 Å². The van der Waals surface area contributed by atoms with Crippen molar-refractivity contribution in [1.82, 2.24) is 0 Å². The van der Waals surface area contributed by atoms with Gasteiger partial charge < -0.3 is 5.11 Å². The number of benzene rings is 1. The predicted molar refractivity (Wildman–Crippen MR) is 61.4 cm³/mol. The minimum absolute atomic E-state index is 0.0478. The highest BCUT2D eigenvalue weighted by Crippen LogP contribution is 2.25. The fourth-order valence-electron chi connectivity index (χ4n) is 1.45. The molecule has 0 aliphatic rings. The van der Waals surface area contributed by atoms with E-state index in [1.165, 1.54) is 0 Å². The first kappa shape index (κ1) is 13.6. The number of carboxylic acid groups (broad SMARTS) is 1. The second-order valence-electron chi connectivity index (χ2n) is 5.13. The van der Waals surface area contributed by atoms with Crippen molar-refractivity contribution in [2.75, 3.05) is 0 Å². The van der Waals surface area contributed by atoms with Crippen LogP contribution in [0.5, 0.6) is 0 Å². The minimum Gasteiger partial charge on any atom is -0.477 e. The van der Waals surface area contributed by atoms with Crippen molar-refractivity contribution in [3.63, 3.8) is 0 Å². The molecule has 1 aromatic carbocycles. The molecule has 0 heterocycles. The molecule has 0 unspecified atom stereocenters. The third-order valence-corrected chi connectivity index (χ3v) is 2.56. The quantitative estimate of drug-likeness (QED) is 0.883. The zero-order chi connectivity index (χ0) is 13.3. The summed E-state index contributed by atoms with van der Waals surface area (Å²) in [5.41, 5.74) is 1.30. The Morgan fingerprint density at radius 3 is 2.00 bits per heavy atom. The van der Waals surface area contributed by atoms with Gasteiger partial charge in [-0.1, -0.05) is 45.0 Å². The molecule has 0 amide bonds. The van der Waals surface area contributed by atoms with E-state index in [1.54, 1.807) is 24.3 Å². The molecular weight excluding hydrogens is 226 g/mol. The van der Waals surface area contributed by atoms with Crippen molar-refractivity contribution in [2.24, 2.45) is 0 Å². The van der Waals surface area contributed by atoms with Crippen molar-refractivity contribution in [3.8, 4) is 0 Å². The van der Waals surface area contributed by atoms with Crippen molar-refractivity contribution < 1.29 is 18.7 Å². The summed E-state index contributed by atoms with van der Waals surface area (Å²) in [5.74, 6) is -5.79. The van der Waals surface area contributed by atoms with Gasteiger partial charge in [0.15, 0.2) is 0 Å². The SMILES string of the molecule is CC(C)(C)c1ccc(CC(F)(F)C(=O)O)cc1. The van der Waals surface area contributed by atoms with Gasteiger partial charge in [-0.3, -0.25) is 0 Å². The highest BCUT2D eigenvalue weighted by Gasteiger charge is 2.38. The first-order chi connectivity index (χ1) is 7.63. The maximum absolute atomic E-state index is 13.0. The van der Waals surface area contributed by atoms with Crippen LogP contribution < -0.4 is 0 Å².